The van der Waals surface area contributed by atoms with Crippen LogP contribution in [0.25, 0.3) is 0 Å². The van der Waals surface area contributed by atoms with E-state index in [1.54, 1.807) is 26.0 Å². The summed E-state index contributed by atoms with van der Waals surface area (Å²) in [5.41, 5.74) is -0.275. The van der Waals surface area contributed by atoms with Crippen LogP contribution in [0.5, 0.6) is 0 Å². The highest BCUT2D eigenvalue weighted by atomic mass is 35.5. The normalized spacial score (nSPS) is 10.6. The van der Waals surface area contributed by atoms with Gasteiger partial charge < -0.3 is 5.32 Å². The van der Waals surface area contributed by atoms with E-state index >= 15 is 0 Å². The molecule has 0 aliphatic heterocycles. The van der Waals surface area contributed by atoms with Gasteiger partial charge in [0.1, 0.15) is 5.15 Å². The third-order valence-corrected chi connectivity index (χ3v) is 2.30. The minimum atomic E-state index is -0.593. The van der Waals surface area contributed by atoms with E-state index in [-0.39, 0.29) is 17.6 Å². The van der Waals surface area contributed by atoms with Crippen molar-refractivity contribution in [3.8, 4) is 6.07 Å². The van der Waals surface area contributed by atoms with Gasteiger partial charge in [-0.1, -0.05) is 11.6 Å². The summed E-state index contributed by atoms with van der Waals surface area (Å²) in [6.07, 6.45) is 1.51. The van der Waals surface area contributed by atoms with Gasteiger partial charge in [0.25, 0.3) is 5.91 Å². The van der Waals surface area contributed by atoms with Crippen LogP contribution < -0.4 is 5.32 Å². The second-order valence-corrected chi connectivity index (χ2v) is 4.38. The third kappa shape index (κ3) is 3.21. The van der Waals surface area contributed by atoms with Crippen molar-refractivity contribution in [2.75, 3.05) is 6.54 Å². The molecule has 1 rings (SSSR count). The number of pyridine rings is 1. The minimum Gasteiger partial charge on any atom is -0.350 e. The number of halogens is 1. The summed E-state index contributed by atoms with van der Waals surface area (Å²) in [6, 6.07) is 5.32. The lowest BCUT2D eigenvalue weighted by Crippen LogP contribution is -2.33. The highest BCUT2D eigenvalue weighted by Gasteiger charge is 2.19. The number of nitrogens with one attached hydrogen (secondary N) is 1. The van der Waals surface area contributed by atoms with Crippen LogP contribution in [0.4, 0.5) is 0 Å². The van der Waals surface area contributed by atoms with Crippen molar-refractivity contribution in [1.29, 1.82) is 5.26 Å². The first-order chi connectivity index (χ1) is 7.46. The Bertz CT molecular complexity index is 437. The lowest BCUT2D eigenvalue weighted by molar-refractivity contribution is 0.0943. The molecule has 0 aromatic carbocycles. The molecule has 0 spiro atoms. The van der Waals surface area contributed by atoms with Crippen molar-refractivity contribution in [3.63, 3.8) is 0 Å². The van der Waals surface area contributed by atoms with Gasteiger partial charge in [0.15, 0.2) is 0 Å². The van der Waals surface area contributed by atoms with E-state index in [2.05, 4.69) is 16.4 Å². The van der Waals surface area contributed by atoms with Gasteiger partial charge >= 0.3 is 0 Å². The smallest absolute Gasteiger partial charge is 0.254 e. The predicted molar refractivity (Wildman–Crippen MR) is 61.0 cm³/mol. The van der Waals surface area contributed by atoms with Gasteiger partial charge in [-0.25, -0.2) is 4.98 Å². The summed E-state index contributed by atoms with van der Waals surface area (Å²) in [5.74, 6) is -0.318. The molecule has 0 radical (unpaired) electrons. The standard InChI is InChI=1S/C11H12ClN3O/c1-11(2,6-13)7-15-10(16)8-4-3-5-14-9(8)12/h3-5H,7H2,1-2H3,(H,15,16). The summed E-state index contributed by atoms with van der Waals surface area (Å²) in [5, 5.41) is 11.6. The maximum atomic E-state index is 11.7. The van der Waals surface area contributed by atoms with Crippen LogP contribution in [-0.4, -0.2) is 17.4 Å². The topological polar surface area (TPSA) is 65.8 Å². The molecule has 0 atom stereocenters. The first-order valence-corrected chi connectivity index (χ1v) is 5.14. The molecule has 0 bridgehead atoms. The zero-order chi connectivity index (χ0) is 12.2. The minimum absolute atomic E-state index is 0.162. The number of amides is 1. The Labute approximate surface area is 99.2 Å². The second-order valence-electron chi connectivity index (χ2n) is 4.02. The number of nitrogens with zero attached hydrogens (tertiary/aromatic N) is 2. The van der Waals surface area contributed by atoms with E-state index in [0.717, 1.165) is 0 Å². The molecular weight excluding hydrogens is 226 g/mol. The fraction of sp³-hybridized carbons (Fsp3) is 0.364. The Morgan fingerprint density at radius 3 is 2.94 bits per heavy atom. The molecule has 1 heterocycles. The molecule has 0 saturated carbocycles. The van der Waals surface area contributed by atoms with E-state index in [4.69, 9.17) is 16.9 Å². The average molecular weight is 238 g/mol. The van der Waals surface area contributed by atoms with E-state index in [9.17, 15) is 4.79 Å². The number of hydrogen-bond acceptors (Lipinski definition) is 3. The molecule has 0 aliphatic rings. The molecule has 0 unspecified atom stereocenters. The van der Waals surface area contributed by atoms with Crippen molar-refractivity contribution < 1.29 is 4.79 Å². The molecule has 1 amide bonds. The molecule has 16 heavy (non-hydrogen) atoms. The monoisotopic (exact) mass is 237 g/mol. The summed E-state index contributed by atoms with van der Waals surface area (Å²) in [7, 11) is 0. The van der Waals surface area contributed by atoms with E-state index < -0.39 is 5.41 Å². The van der Waals surface area contributed by atoms with Gasteiger partial charge in [0.2, 0.25) is 0 Å². The fourth-order valence-corrected chi connectivity index (χ4v) is 1.20. The average Bonchev–Trinajstić information content (AvgIpc) is 2.27. The first-order valence-electron chi connectivity index (χ1n) is 4.76. The molecule has 1 aromatic heterocycles. The zero-order valence-electron chi connectivity index (χ0n) is 9.12. The molecule has 5 heteroatoms. The van der Waals surface area contributed by atoms with Crippen LogP contribution in [0.3, 0.4) is 0 Å². The Balaban J connectivity index is 2.68. The van der Waals surface area contributed by atoms with Gasteiger partial charge in [0, 0.05) is 12.7 Å². The highest BCUT2D eigenvalue weighted by Crippen LogP contribution is 2.13. The number of rotatable bonds is 3. The second kappa shape index (κ2) is 4.95. The number of carbonyl (C=O) groups excluding carboxylic acids is 1. The molecule has 0 fully saturated rings. The molecule has 0 aliphatic carbocycles. The molecule has 0 saturated heterocycles. The van der Waals surface area contributed by atoms with Gasteiger partial charge in [-0.3, -0.25) is 4.79 Å². The SMILES string of the molecule is CC(C)(C#N)CNC(=O)c1cccnc1Cl. The highest BCUT2D eigenvalue weighted by molar-refractivity contribution is 6.32. The Hall–Kier alpha value is -1.60. The number of carbonyl (C=O) groups is 1. The van der Waals surface area contributed by atoms with Gasteiger partial charge in [-0.2, -0.15) is 5.26 Å². The summed E-state index contributed by atoms with van der Waals surface area (Å²) >= 11 is 5.77. The number of nitriles is 1. The molecule has 1 aromatic rings. The number of hydrogen-bond donors (Lipinski definition) is 1. The van der Waals surface area contributed by atoms with Crippen LogP contribution in [0.1, 0.15) is 24.2 Å². The van der Waals surface area contributed by atoms with E-state index in [0.29, 0.717) is 5.56 Å². The maximum absolute atomic E-state index is 11.7. The lowest BCUT2D eigenvalue weighted by Gasteiger charge is -2.15. The van der Waals surface area contributed by atoms with Crippen LogP contribution >= 0.6 is 11.6 Å². The van der Waals surface area contributed by atoms with Crippen LogP contribution in [0, 0.1) is 16.7 Å². The van der Waals surface area contributed by atoms with Crippen molar-refractivity contribution in [1.82, 2.24) is 10.3 Å². The molecular formula is C11H12ClN3O. The lowest BCUT2D eigenvalue weighted by atomic mass is 9.96. The predicted octanol–water partition coefficient (Wildman–Crippen LogP) is 2.01. The summed E-state index contributed by atoms with van der Waals surface area (Å²) in [6.45, 7) is 3.77. The Kier molecular flexibility index (Phi) is 3.86. The van der Waals surface area contributed by atoms with Crippen molar-refractivity contribution >= 4 is 17.5 Å². The van der Waals surface area contributed by atoms with Crippen LogP contribution in [-0.2, 0) is 0 Å². The molecule has 4 nitrogen and oxygen atoms in total. The van der Waals surface area contributed by atoms with Crippen molar-refractivity contribution in [3.05, 3.63) is 29.0 Å². The third-order valence-electron chi connectivity index (χ3n) is 2.00. The Morgan fingerprint density at radius 2 is 2.38 bits per heavy atom. The van der Waals surface area contributed by atoms with Crippen LogP contribution in [0.2, 0.25) is 5.15 Å². The summed E-state index contributed by atoms with van der Waals surface area (Å²) < 4.78 is 0. The van der Waals surface area contributed by atoms with Crippen molar-refractivity contribution in [2.45, 2.75) is 13.8 Å². The van der Waals surface area contributed by atoms with E-state index in [1.807, 2.05) is 0 Å². The largest absolute Gasteiger partial charge is 0.350 e. The maximum Gasteiger partial charge on any atom is 0.254 e. The van der Waals surface area contributed by atoms with Gasteiger partial charge in [-0.05, 0) is 26.0 Å². The van der Waals surface area contributed by atoms with Gasteiger partial charge in [-0.15, -0.1) is 0 Å². The number of aromatic nitrogens is 1. The molecule has 1 N–H and O–H groups in total. The van der Waals surface area contributed by atoms with Gasteiger partial charge in [0.05, 0.1) is 17.0 Å². The zero-order valence-corrected chi connectivity index (χ0v) is 9.88. The fourth-order valence-electron chi connectivity index (χ4n) is 0.991. The van der Waals surface area contributed by atoms with E-state index in [1.165, 1.54) is 6.20 Å². The first kappa shape index (κ1) is 12.5. The Morgan fingerprint density at radius 1 is 1.69 bits per heavy atom. The summed E-state index contributed by atoms with van der Waals surface area (Å²) in [4.78, 5) is 15.5. The quantitative estimate of drug-likeness (QED) is 0.818. The van der Waals surface area contributed by atoms with Crippen molar-refractivity contribution in [2.24, 2.45) is 5.41 Å². The molecule has 84 valence electrons. The van der Waals surface area contributed by atoms with Crippen LogP contribution in [0.15, 0.2) is 18.3 Å².